The molecule has 2 rings (SSSR count). The lowest BCUT2D eigenvalue weighted by Crippen LogP contribution is -2.39. The molecular formula is C9H12O5. The second kappa shape index (κ2) is 2.95. The summed E-state index contributed by atoms with van der Waals surface area (Å²) in [5, 5.41) is 27.3. The molecule has 0 spiro atoms. The van der Waals surface area contributed by atoms with Crippen molar-refractivity contribution < 1.29 is 24.9 Å². The van der Waals surface area contributed by atoms with Crippen molar-refractivity contribution in [1.29, 1.82) is 0 Å². The summed E-state index contributed by atoms with van der Waals surface area (Å²) in [6, 6.07) is 0. The Morgan fingerprint density at radius 2 is 1.57 bits per heavy atom. The summed E-state index contributed by atoms with van der Waals surface area (Å²) < 4.78 is 0. The van der Waals surface area contributed by atoms with Crippen molar-refractivity contribution in [2.45, 2.75) is 18.9 Å². The molecule has 5 heteroatoms. The predicted molar refractivity (Wildman–Crippen MR) is 44.5 cm³/mol. The molecule has 0 saturated heterocycles. The standard InChI is InChI=1S/C9H12O5/c10-5-2-3-1-4(5)7(9(13)14)6(3)8(11)12/h3-7,10H,1-2H2,(H,11,12)(H,13,14)/t3-,4+,5?,6?,7?/m1/s1. The highest BCUT2D eigenvalue weighted by Crippen LogP contribution is 2.52. The van der Waals surface area contributed by atoms with E-state index in [1.807, 2.05) is 0 Å². The highest BCUT2D eigenvalue weighted by atomic mass is 16.4. The Kier molecular flexibility index (Phi) is 1.99. The zero-order valence-electron chi connectivity index (χ0n) is 7.46. The predicted octanol–water partition coefficient (Wildman–Crippen LogP) is -0.211. The molecule has 2 aliphatic rings. The molecule has 2 aliphatic carbocycles. The Labute approximate surface area is 80.4 Å². The second-order valence-corrected chi connectivity index (χ2v) is 4.19. The number of carboxylic acids is 2. The van der Waals surface area contributed by atoms with Gasteiger partial charge in [-0.05, 0) is 24.7 Å². The molecule has 0 radical (unpaired) electrons. The van der Waals surface area contributed by atoms with E-state index >= 15 is 0 Å². The Morgan fingerprint density at radius 1 is 1.00 bits per heavy atom. The van der Waals surface area contributed by atoms with Gasteiger partial charge in [-0.25, -0.2) is 0 Å². The van der Waals surface area contributed by atoms with E-state index in [-0.39, 0.29) is 11.8 Å². The van der Waals surface area contributed by atoms with Gasteiger partial charge in [0.2, 0.25) is 0 Å². The van der Waals surface area contributed by atoms with Crippen LogP contribution in [0.4, 0.5) is 0 Å². The molecule has 2 bridgehead atoms. The van der Waals surface area contributed by atoms with Gasteiger partial charge in [-0.2, -0.15) is 0 Å². The first-order valence-electron chi connectivity index (χ1n) is 4.66. The Balaban J connectivity index is 2.27. The molecule has 5 atom stereocenters. The van der Waals surface area contributed by atoms with Crippen LogP contribution in [0.15, 0.2) is 0 Å². The fourth-order valence-corrected chi connectivity index (χ4v) is 3.02. The lowest BCUT2D eigenvalue weighted by molar-refractivity contribution is -0.158. The molecule has 0 amide bonds. The van der Waals surface area contributed by atoms with Crippen LogP contribution in [-0.2, 0) is 9.59 Å². The molecule has 0 aliphatic heterocycles. The first-order chi connectivity index (χ1) is 6.52. The fourth-order valence-electron chi connectivity index (χ4n) is 3.02. The van der Waals surface area contributed by atoms with Crippen molar-refractivity contribution in [1.82, 2.24) is 0 Å². The number of carboxylic acid groups (broad SMARTS) is 2. The summed E-state index contributed by atoms with van der Waals surface area (Å²) >= 11 is 0. The quantitative estimate of drug-likeness (QED) is 0.573. The van der Waals surface area contributed by atoms with Crippen molar-refractivity contribution in [2.75, 3.05) is 0 Å². The molecule has 0 aromatic carbocycles. The van der Waals surface area contributed by atoms with Crippen LogP contribution in [-0.4, -0.2) is 33.4 Å². The van der Waals surface area contributed by atoms with Crippen LogP contribution >= 0.6 is 0 Å². The van der Waals surface area contributed by atoms with Gasteiger partial charge in [0.1, 0.15) is 0 Å². The maximum Gasteiger partial charge on any atom is 0.307 e. The van der Waals surface area contributed by atoms with Gasteiger partial charge in [0.15, 0.2) is 0 Å². The average Bonchev–Trinajstić information content (AvgIpc) is 2.58. The van der Waals surface area contributed by atoms with Gasteiger partial charge in [-0.15, -0.1) is 0 Å². The van der Waals surface area contributed by atoms with Crippen LogP contribution in [0.25, 0.3) is 0 Å². The molecule has 0 heterocycles. The summed E-state index contributed by atoms with van der Waals surface area (Å²) in [7, 11) is 0. The molecule has 3 N–H and O–H groups in total. The van der Waals surface area contributed by atoms with Gasteiger partial charge in [0, 0.05) is 0 Å². The lowest BCUT2D eigenvalue weighted by Gasteiger charge is -2.27. The molecule has 2 saturated carbocycles. The number of aliphatic hydroxyl groups excluding tert-OH is 1. The Morgan fingerprint density at radius 3 is 2.07 bits per heavy atom. The van der Waals surface area contributed by atoms with Crippen molar-refractivity contribution in [3.05, 3.63) is 0 Å². The number of hydrogen-bond acceptors (Lipinski definition) is 3. The monoisotopic (exact) mass is 200 g/mol. The van der Waals surface area contributed by atoms with E-state index in [2.05, 4.69) is 0 Å². The molecule has 3 unspecified atom stereocenters. The summed E-state index contributed by atoms with van der Waals surface area (Å²) in [6.45, 7) is 0. The Hall–Kier alpha value is -1.10. The SMILES string of the molecule is O=C(O)C1C(C(=O)O)[C@H]2C[C@@H]1CC2O. The smallest absolute Gasteiger partial charge is 0.307 e. The van der Waals surface area contributed by atoms with Gasteiger partial charge in [0.25, 0.3) is 0 Å². The van der Waals surface area contributed by atoms with Crippen LogP contribution in [0.2, 0.25) is 0 Å². The van der Waals surface area contributed by atoms with Gasteiger partial charge in [-0.3, -0.25) is 9.59 Å². The number of fused-ring (bicyclic) bond motifs is 2. The Bertz CT molecular complexity index is 287. The first kappa shape index (κ1) is 9.45. The third-order valence-electron chi connectivity index (χ3n) is 3.54. The molecule has 0 aromatic rings. The van der Waals surface area contributed by atoms with E-state index in [1.54, 1.807) is 0 Å². The minimum atomic E-state index is -1.09. The normalized spacial score (nSPS) is 45.4. The molecule has 0 aromatic heterocycles. The maximum atomic E-state index is 10.9. The number of aliphatic hydroxyl groups is 1. The van der Waals surface area contributed by atoms with Crippen molar-refractivity contribution in [2.24, 2.45) is 23.7 Å². The largest absolute Gasteiger partial charge is 0.481 e. The maximum absolute atomic E-state index is 10.9. The number of rotatable bonds is 2. The fraction of sp³-hybridized carbons (Fsp3) is 0.778. The summed E-state index contributed by atoms with van der Waals surface area (Å²) in [5.41, 5.74) is 0. The van der Waals surface area contributed by atoms with E-state index in [0.29, 0.717) is 12.8 Å². The summed E-state index contributed by atoms with van der Waals surface area (Å²) in [5.74, 6) is -4.37. The van der Waals surface area contributed by atoms with Crippen molar-refractivity contribution in [3.63, 3.8) is 0 Å². The third-order valence-corrected chi connectivity index (χ3v) is 3.54. The molecular weight excluding hydrogens is 188 g/mol. The molecule has 78 valence electrons. The van der Waals surface area contributed by atoms with Gasteiger partial charge in [0.05, 0.1) is 17.9 Å². The van der Waals surface area contributed by atoms with Crippen LogP contribution in [0.1, 0.15) is 12.8 Å². The zero-order chi connectivity index (χ0) is 10.5. The van der Waals surface area contributed by atoms with E-state index in [1.165, 1.54) is 0 Å². The van der Waals surface area contributed by atoms with Gasteiger partial charge < -0.3 is 15.3 Å². The van der Waals surface area contributed by atoms with E-state index in [9.17, 15) is 14.7 Å². The summed E-state index contributed by atoms with van der Waals surface area (Å²) in [6.07, 6.45) is 0.345. The van der Waals surface area contributed by atoms with E-state index < -0.39 is 29.9 Å². The zero-order valence-corrected chi connectivity index (χ0v) is 7.46. The average molecular weight is 200 g/mol. The molecule has 2 fully saturated rings. The van der Waals surface area contributed by atoms with Crippen LogP contribution in [0, 0.1) is 23.7 Å². The summed E-state index contributed by atoms with van der Waals surface area (Å²) in [4.78, 5) is 21.7. The van der Waals surface area contributed by atoms with Gasteiger partial charge in [-0.1, -0.05) is 0 Å². The second-order valence-electron chi connectivity index (χ2n) is 4.19. The topological polar surface area (TPSA) is 94.8 Å². The lowest BCUT2D eigenvalue weighted by atomic mass is 9.78. The molecule has 5 nitrogen and oxygen atoms in total. The number of aliphatic carboxylic acids is 2. The number of hydrogen-bond donors (Lipinski definition) is 3. The highest BCUT2D eigenvalue weighted by Gasteiger charge is 2.58. The van der Waals surface area contributed by atoms with Crippen molar-refractivity contribution >= 4 is 11.9 Å². The third kappa shape index (κ3) is 1.12. The van der Waals surface area contributed by atoms with E-state index in [4.69, 9.17) is 10.2 Å². The number of carbonyl (C=O) groups is 2. The van der Waals surface area contributed by atoms with Crippen LogP contribution < -0.4 is 0 Å². The first-order valence-corrected chi connectivity index (χ1v) is 4.66. The van der Waals surface area contributed by atoms with Crippen molar-refractivity contribution in [3.8, 4) is 0 Å². The van der Waals surface area contributed by atoms with Gasteiger partial charge >= 0.3 is 11.9 Å². The van der Waals surface area contributed by atoms with Crippen LogP contribution in [0.5, 0.6) is 0 Å². The van der Waals surface area contributed by atoms with E-state index in [0.717, 1.165) is 0 Å². The highest BCUT2D eigenvalue weighted by molar-refractivity contribution is 5.81. The molecule has 14 heavy (non-hydrogen) atoms. The minimum Gasteiger partial charge on any atom is -0.481 e. The van der Waals surface area contributed by atoms with Crippen LogP contribution in [0.3, 0.4) is 0 Å². The minimum absolute atomic E-state index is 0.159.